The van der Waals surface area contributed by atoms with Crippen LogP contribution < -0.4 is 5.32 Å². The number of amides is 1. The normalized spacial score (nSPS) is 10.3. The van der Waals surface area contributed by atoms with E-state index in [1.54, 1.807) is 24.4 Å². The lowest BCUT2D eigenvalue weighted by molar-refractivity contribution is 0.102. The third-order valence-corrected chi connectivity index (χ3v) is 3.59. The average molecular weight is 299 g/mol. The zero-order valence-electron chi connectivity index (χ0n) is 10.8. The zero-order valence-corrected chi connectivity index (χ0v) is 11.6. The highest BCUT2D eigenvalue weighted by atomic mass is 32.1. The molecule has 1 amide bonds. The summed E-state index contributed by atoms with van der Waals surface area (Å²) in [6.45, 7) is 0. The Balaban J connectivity index is 1.75. The molecule has 1 N–H and O–H groups in total. The fourth-order valence-corrected chi connectivity index (χ4v) is 2.36. The number of hydrogen-bond donors (Lipinski definition) is 1. The third kappa shape index (κ3) is 3.11. The Bertz CT molecular complexity index is 757. The Kier molecular flexibility index (Phi) is 3.70. The highest BCUT2D eigenvalue weighted by Gasteiger charge is 2.07. The second kappa shape index (κ2) is 5.80. The van der Waals surface area contributed by atoms with Gasteiger partial charge in [-0.3, -0.25) is 4.79 Å². The summed E-state index contributed by atoms with van der Waals surface area (Å²) in [5.74, 6) is -0.780. The van der Waals surface area contributed by atoms with Crippen molar-refractivity contribution in [2.24, 2.45) is 0 Å². The van der Waals surface area contributed by atoms with Crippen LogP contribution in [0.5, 0.6) is 0 Å². The van der Waals surface area contributed by atoms with Crippen molar-refractivity contribution in [1.82, 2.24) is 9.59 Å². The van der Waals surface area contributed by atoms with Gasteiger partial charge in [0, 0.05) is 11.3 Å². The minimum Gasteiger partial charge on any atom is -0.322 e. The quantitative estimate of drug-likeness (QED) is 0.804. The molecule has 4 nitrogen and oxygen atoms in total. The van der Waals surface area contributed by atoms with Crippen molar-refractivity contribution in [2.75, 3.05) is 5.32 Å². The van der Waals surface area contributed by atoms with Crippen molar-refractivity contribution in [2.45, 2.75) is 0 Å². The number of hydrogen-bond acceptors (Lipinski definition) is 4. The largest absolute Gasteiger partial charge is 0.322 e. The van der Waals surface area contributed by atoms with E-state index in [0.717, 1.165) is 10.4 Å². The highest BCUT2D eigenvalue weighted by Crippen LogP contribution is 2.23. The van der Waals surface area contributed by atoms with E-state index >= 15 is 0 Å². The lowest BCUT2D eigenvalue weighted by Gasteiger charge is -2.06. The van der Waals surface area contributed by atoms with Gasteiger partial charge in [-0.2, -0.15) is 0 Å². The summed E-state index contributed by atoms with van der Waals surface area (Å²) in [4.78, 5) is 12.9. The van der Waals surface area contributed by atoms with Crippen LogP contribution in [0.1, 0.15) is 10.4 Å². The molecular weight excluding hydrogens is 289 g/mol. The van der Waals surface area contributed by atoms with Gasteiger partial charge >= 0.3 is 0 Å². The van der Waals surface area contributed by atoms with Gasteiger partial charge in [0.1, 0.15) is 5.82 Å². The fraction of sp³-hybridized carbons (Fsp3) is 0. The molecule has 0 radical (unpaired) electrons. The number of nitrogens with one attached hydrogen (secondary N) is 1. The molecule has 0 saturated heterocycles. The second-order valence-electron chi connectivity index (χ2n) is 4.32. The van der Waals surface area contributed by atoms with Crippen LogP contribution in [0, 0.1) is 5.82 Å². The minimum atomic E-state index is -0.435. The minimum absolute atomic E-state index is 0.283. The first-order chi connectivity index (χ1) is 10.2. The molecule has 0 aliphatic carbocycles. The molecule has 0 saturated carbocycles. The monoisotopic (exact) mass is 299 g/mol. The Hall–Kier alpha value is -2.60. The Labute approximate surface area is 124 Å². The molecule has 0 spiro atoms. The highest BCUT2D eigenvalue weighted by molar-refractivity contribution is 7.09. The number of carbonyl (C=O) groups excluding carboxylic acids is 1. The number of anilines is 1. The molecule has 104 valence electrons. The lowest BCUT2D eigenvalue weighted by atomic mass is 10.1. The van der Waals surface area contributed by atoms with Gasteiger partial charge in [0.2, 0.25) is 0 Å². The molecule has 1 heterocycles. The molecule has 3 aromatic rings. The van der Waals surface area contributed by atoms with Gasteiger partial charge < -0.3 is 5.32 Å². The predicted molar refractivity (Wildman–Crippen MR) is 79.7 cm³/mol. The van der Waals surface area contributed by atoms with E-state index in [1.165, 1.54) is 29.7 Å². The van der Waals surface area contributed by atoms with E-state index in [-0.39, 0.29) is 11.5 Å². The summed E-state index contributed by atoms with van der Waals surface area (Å²) in [7, 11) is 0. The van der Waals surface area contributed by atoms with Crippen LogP contribution in [0.15, 0.2) is 54.7 Å². The van der Waals surface area contributed by atoms with Gasteiger partial charge in [0.05, 0.1) is 11.1 Å². The molecule has 0 aliphatic rings. The fourth-order valence-electron chi connectivity index (χ4n) is 1.85. The van der Waals surface area contributed by atoms with Crippen molar-refractivity contribution in [3.05, 3.63) is 66.1 Å². The first kappa shape index (κ1) is 13.4. The van der Waals surface area contributed by atoms with E-state index in [4.69, 9.17) is 0 Å². The number of benzene rings is 2. The van der Waals surface area contributed by atoms with Crippen molar-refractivity contribution >= 4 is 23.1 Å². The predicted octanol–water partition coefficient (Wildman–Crippen LogP) is 3.60. The molecule has 21 heavy (non-hydrogen) atoms. The van der Waals surface area contributed by atoms with E-state index in [0.29, 0.717) is 5.69 Å². The van der Waals surface area contributed by atoms with Crippen LogP contribution in [0.25, 0.3) is 10.4 Å². The molecular formula is C15H10FN3OS. The van der Waals surface area contributed by atoms with Gasteiger partial charge in [-0.25, -0.2) is 4.39 Å². The van der Waals surface area contributed by atoms with Gasteiger partial charge in [0.15, 0.2) is 0 Å². The number of aromatic nitrogens is 2. The zero-order chi connectivity index (χ0) is 14.7. The summed E-state index contributed by atoms with van der Waals surface area (Å²) in [5.41, 5.74) is 1.91. The molecule has 0 aliphatic heterocycles. The maximum atomic E-state index is 13.1. The van der Waals surface area contributed by atoms with Crippen molar-refractivity contribution in [3.63, 3.8) is 0 Å². The van der Waals surface area contributed by atoms with Gasteiger partial charge in [-0.15, -0.1) is 5.10 Å². The molecule has 0 unspecified atom stereocenters. The third-order valence-electron chi connectivity index (χ3n) is 2.88. The summed E-state index contributed by atoms with van der Waals surface area (Å²) in [6, 6.07) is 12.9. The molecule has 2 aromatic carbocycles. The number of rotatable bonds is 3. The smallest absolute Gasteiger partial charge is 0.255 e. The van der Waals surface area contributed by atoms with Gasteiger partial charge in [-0.1, -0.05) is 22.7 Å². The van der Waals surface area contributed by atoms with Gasteiger partial charge in [0.25, 0.3) is 5.91 Å². The van der Waals surface area contributed by atoms with Crippen molar-refractivity contribution in [3.8, 4) is 10.4 Å². The molecule has 1 aromatic heterocycles. The van der Waals surface area contributed by atoms with E-state index in [1.807, 2.05) is 12.1 Å². The average Bonchev–Trinajstić information content (AvgIpc) is 3.02. The number of nitrogens with zero attached hydrogens (tertiary/aromatic N) is 2. The van der Waals surface area contributed by atoms with Crippen LogP contribution in [0.2, 0.25) is 0 Å². The Morgan fingerprint density at radius 2 is 1.95 bits per heavy atom. The van der Waals surface area contributed by atoms with Crippen LogP contribution in [-0.4, -0.2) is 15.5 Å². The molecule has 6 heteroatoms. The SMILES string of the molecule is O=C(Nc1ccc(-c2cnns2)cc1)c1cccc(F)c1. The summed E-state index contributed by atoms with van der Waals surface area (Å²) in [5, 5.41) is 6.51. The maximum Gasteiger partial charge on any atom is 0.255 e. The van der Waals surface area contributed by atoms with Crippen LogP contribution in [0.3, 0.4) is 0 Å². The standard InChI is InChI=1S/C15H10FN3OS/c16-12-3-1-2-11(8-12)15(20)18-13-6-4-10(5-7-13)14-9-17-19-21-14/h1-9H,(H,18,20). The summed E-state index contributed by atoms with van der Waals surface area (Å²) < 4.78 is 16.9. The van der Waals surface area contributed by atoms with Crippen molar-refractivity contribution in [1.29, 1.82) is 0 Å². The van der Waals surface area contributed by atoms with Crippen LogP contribution >= 0.6 is 11.5 Å². The first-order valence-electron chi connectivity index (χ1n) is 6.17. The Morgan fingerprint density at radius 1 is 1.14 bits per heavy atom. The van der Waals surface area contributed by atoms with Crippen molar-refractivity contribution < 1.29 is 9.18 Å². The van der Waals surface area contributed by atoms with E-state index in [2.05, 4.69) is 14.9 Å². The second-order valence-corrected chi connectivity index (χ2v) is 5.11. The first-order valence-corrected chi connectivity index (χ1v) is 6.94. The number of carbonyl (C=O) groups is 1. The summed E-state index contributed by atoms with van der Waals surface area (Å²) in [6.07, 6.45) is 1.69. The topological polar surface area (TPSA) is 54.9 Å². The van der Waals surface area contributed by atoms with Gasteiger partial charge in [-0.05, 0) is 47.4 Å². The van der Waals surface area contributed by atoms with E-state index in [9.17, 15) is 9.18 Å². The molecule has 0 fully saturated rings. The molecule has 0 bridgehead atoms. The summed E-state index contributed by atoms with van der Waals surface area (Å²) >= 11 is 1.30. The maximum absolute atomic E-state index is 13.1. The molecule has 0 atom stereocenters. The van der Waals surface area contributed by atoms with Crippen LogP contribution in [-0.2, 0) is 0 Å². The Morgan fingerprint density at radius 3 is 2.62 bits per heavy atom. The lowest BCUT2D eigenvalue weighted by Crippen LogP contribution is -2.11. The number of halogens is 1. The molecule has 3 rings (SSSR count). The van der Waals surface area contributed by atoms with Crippen LogP contribution in [0.4, 0.5) is 10.1 Å². The van der Waals surface area contributed by atoms with E-state index < -0.39 is 5.82 Å².